The lowest BCUT2D eigenvalue weighted by atomic mass is 9.77. The Kier molecular flexibility index (Phi) is 3.50. The van der Waals surface area contributed by atoms with E-state index in [4.69, 9.17) is 4.74 Å². The molecule has 2 atom stereocenters. The molecule has 1 saturated heterocycles. The van der Waals surface area contributed by atoms with Gasteiger partial charge in [0.25, 0.3) is 0 Å². The summed E-state index contributed by atoms with van der Waals surface area (Å²) in [5.41, 5.74) is -0.153. The van der Waals surface area contributed by atoms with Gasteiger partial charge in [0.05, 0.1) is 12.0 Å². The molecular formula is C12H22N2O2. The third-order valence-electron chi connectivity index (χ3n) is 4.04. The van der Waals surface area contributed by atoms with Crippen LogP contribution in [0.25, 0.3) is 0 Å². The molecule has 1 saturated carbocycles. The molecule has 92 valence electrons. The molecule has 1 aliphatic heterocycles. The Morgan fingerprint density at radius 1 is 1.50 bits per heavy atom. The molecule has 2 rings (SSSR count). The Bertz CT molecular complexity index is 258. The van der Waals surface area contributed by atoms with Gasteiger partial charge in [-0.15, -0.1) is 0 Å². The van der Waals surface area contributed by atoms with E-state index >= 15 is 0 Å². The topological polar surface area (TPSA) is 50.4 Å². The molecule has 1 amide bonds. The Hall–Kier alpha value is -0.610. The van der Waals surface area contributed by atoms with Gasteiger partial charge in [0, 0.05) is 19.7 Å². The molecule has 0 radical (unpaired) electrons. The maximum atomic E-state index is 11.9. The normalized spacial score (nSPS) is 32.1. The van der Waals surface area contributed by atoms with Crippen molar-refractivity contribution in [1.29, 1.82) is 0 Å². The predicted octanol–water partition coefficient (Wildman–Crippen LogP) is 0.670. The molecule has 0 aromatic rings. The SMILES string of the molecule is COC1(CC(=O)NC2CNCC2C)CCC1. The average Bonchev–Trinajstić information content (AvgIpc) is 2.58. The predicted molar refractivity (Wildman–Crippen MR) is 62.2 cm³/mol. The van der Waals surface area contributed by atoms with Crippen LogP contribution in [0, 0.1) is 5.92 Å². The van der Waals surface area contributed by atoms with Crippen molar-refractivity contribution in [3.63, 3.8) is 0 Å². The van der Waals surface area contributed by atoms with Gasteiger partial charge in [0.2, 0.25) is 5.91 Å². The summed E-state index contributed by atoms with van der Waals surface area (Å²) < 4.78 is 5.46. The summed E-state index contributed by atoms with van der Waals surface area (Å²) in [6, 6.07) is 0.293. The number of methoxy groups -OCH3 is 1. The van der Waals surface area contributed by atoms with E-state index in [0.29, 0.717) is 18.4 Å². The fourth-order valence-corrected chi connectivity index (χ4v) is 2.58. The second-order valence-corrected chi connectivity index (χ2v) is 5.23. The maximum Gasteiger partial charge on any atom is 0.223 e. The van der Waals surface area contributed by atoms with E-state index in [1.807, 2.05) is 0 Å². The number of carbonyl (C=O) groups is 1. The highest BCUT2D eigenvalue weighted by molar-refractivity contribution is 5.77. The molecule has 1 aliphatic carbocycles. The molecule has 2 aliphatic rings. The van der Waals surface area contributed by atoms with Gasteiger partial charge in [-0.25, -0.2) is 0 Å². The first-order chi connectivity index (χ1) is 7.65. The minimum Gasteiger partial charge on any atom is -0.378 e. The van der Waals surface area contributed by atoms with Crippen molar-refractivity contribution < 1.29 is 9.53 Å². The lowest BCUT2D eigenvalue weighted by Gasteiger charge is -2.40. The summed E-state index contributed by atoms with van der Waals surface area (Å²) >= 11 is 0. The first kappa shape index (κ1) is 11.9. The summed E-state index contributed by atoms with van der Waals surface area (Å²) in [6.07, 6.45) is 3.75. The summed E-state index contributed by atoms with van der Waals surface area (Å²) in [5, 5.41) is 6.39. The smallest absolute Gasteiger partial charge is 0.223 e. The minimum atomic E-state index is -0.153. The van der Waals surface area contributed by atoms with Crippen LogP contribution in [0.1, 0.15) is 32.6 Å². The van der Waals surface area contributed by atoms with Crippen LogP contribution in [0.5, 0.6) is 0 Å². The molecule has 0 bridgehead atoms. The Balaban J connectivity index is 1.79. The maximum absolute atomic E-state index is 11.9. The zero-order valence-corrected chi connectivity index (χ0v) is 10.2. The van der Waals surface area contributed by atoms with Gasteiger partial charge >= 0.3 is 0 Å². The van der Waals surface area contributed by atoms with Crippen LogP contribution in [-0.4, -0.2) is 37.7 Å². The van der Waals surface area contributed by atoms with E-state index < -0.39 is 0 Å². The van der Waals surface area contributed by atoms with Crippen molar-refractivity contribution in [2.45, 2.75) is 44.2 Å². The van der Waals surface area contributed by atoms with Crippen LogP contribution >= 0.6 is 0 Å². The fraction of sp³-hybridized carbons (Fsp3) is 0.917. The molecule has 2 fully saturated rings. The monoisotopic (exact) mass is 226 g/mol. The second kappa shape index (κ2) is 4.72. The quantitative estimate of drug-likeness (QED) is 0.741. The highest BCUT2D eigenvalue weighted by Gasteiger charge is 2.39. The molecule has 1 heterocycles. The van der Waals surface area contributed by atoms with Crippen molar-refractivity contribution in [3.05, 3.63) is 0 Å². The van der Waals surface area contributed by atoms with E-state index in [-0.39, 0.29) is 11.5 Å². The van der Waals surface area contributed by atoms with Gasteiger partial charge in [0.15, 0.2) is 0 Å². The average molecular weight is 226 g/mol. The Morgan fingerprint density at radius 3 is 2.69 bits per heavy atom. The molecule has 0 aromatic carbocycles. The number of carbonyl (C=O) groups excluding carboxylic acids is 1. The lowest BCUT2D eigenvalue weighted by Crippen LogP contribution is -2.47. The zero-order chi connectivity index (χ0) is 11.6. The highest BCUT2D eigenvalue weighted by atomic mass is 16.5. The first-order valence-corrected chi connectivity index (χ1v) is 6.20. The standard InChI is InChI=1S/C12H22N2O2/c1-9-7-13-8-10(9)14-11(15)6-12(16-2)4-3-5-12/h9-10,13H,3-8H2,1-2H3,(H,14,15). The van der Waals surface area contributed by atoms with Crippen molar-refractivity contribution in [2.24, 2.45) is 5.92 Å². The Morgan fingerprint density at radius 2 is 2.25 bits per heavy atom. The number of hydrogen-bond acceptors (Lipinski definition) is 3. The van der Waals surface area contributed by atoms with E-state index in [1.165, 1.54) is 6.42 Å². The molecular weight excluding hydrogens is 204 g/mol. The van der Waals surface area contributed by atoms with Crippen LogP contribution in [-0.2, 0) is 9.53 Å². The van der Waals surface area contributed by atoms with Crippen LogP contribution in [0.2, 0.25) is 0 Å². The summed E-state index contributed by atoms with van der Waals surface area (Å²) in [6.45, 7) is 4.06. The number of amides is 1. The van der Waals surface area contributed by atoms with E-state index in [0.717, 1.165) is 25.9 Å². The number of hydrogen-bond donors (Lipinski definition) is 2. The fourth-order valence-electron chi connectivity index (χ4n) is 2.58. The summed E-state index contributed by atoms with van der Waals surface area (Å²) in [7, 11) is 1.71. The largest absolute Gasteiger partial charge is 0.378 e. The first-order valence-electron chi connectivity index (χ1n) is 6.20. The molecule has 4 nitrogen and oxygen atoms in total. The van der Waals surface area contributed by atoms with Crippen LogP contribution in [0.3, 0.4) is 0 Å². The Labute approximate surface area is 97.1 Å². The van der Waals surface area contributed by atoms with Crippen molar-refractivity contribution in [2.75, 3.05) is 20.2 Å². The number of nitrogens with one attached hydrogen (secondary N) is 2. The number of rotatable bonds is 4. The second-order valence-electron chi connectivity index (χ2n) is 5.23. The van der Waals surface area contributed by atoms with Gasteiger partial charge in [-0.05, 0) is 31.7 Å². The highest BCUT2D eigenvalue weighted by Crippen LogP contribution is 2.37. The summed E-state index contributed by atoms with van der Waals surface area (Å²) in [5.74, 6) is 0.672. The van der Waals surface area contributed by atoms with Gasteiger partial charge in [0.1, 0.15) is 0 Å². The molecule has 0 spiro atoms. The zero-order valence-electron chi connectivity index (χ0n) is 10.2. The van der Waals surface area contributed by atoms with Gasteiger partial charge in [-0.2, -0.15) is 0 Å². The minimum absolute atomic E-state index is 0.141. The van der Waals surface area contributed by atoms with Crippen LogP contribution in [0.4, 0.5) is 0 Å². The number of ether oxygens (including phenoxy) is 1. The molecule has 2 unspecified atom stereocenters. The molecule has 16 heavy (non-hydrogen) atoms. The van der Waals surface area contributed by atoms with E-state index in [1.54, 1.807) is 7.11 Å². The van der Waals surface area contributed by atoms with E-state index in [2.05, 4.69) is 17.6 Å². The van der Waals surface area contributed by atoms with Crippen molar-refractivity contribution in [3.8, 4) is 0 Å². The lowest BCUT2D eigenvalue weighted by molar-refractivity contribution is -0.135. The van der Waals surface area contributed by atoms with Crippen LogP contribution < -0.4 is 10.6 Å². The van der Waals surface area contributed by atoms with E-state index in [9.17, 15) is 4.79 Å². The molecule has 2 N–H and O–H groups in total. The van der Waals surface area contributed by atoms with Gasteiger partial charge in [-0.3, -0.25) is 4.79 Å². The van der Waals surface area contributed by atoms with Crippen LogP contribution in [0.15, 0.2) is 0 Å². The molecule has 0 aromatic heterocycles. The third-order valence-corrected chi connectivity index (χ3v) is 4.04. The summed E-state index contributed by atoms with van der Waals surface area (Å²) in [4.78, 5) is 11.9. The van der Waals surface area contributed by atoms with Gasteiger partial charge in [-0.1, -0.05) is 6.92 Å². The van der Waals surface area contributed by atoms with Gasteiger partial charge < -0.3 is 15.4 Å². The molecule has 4 heteroatoms. The van der Waals surface area contributed by atoms with Crippen molar-refractivity contribution >= 4 is 5.91 Å². The van der Waals surface area contributed by atoms with Crippen molar-refractivity contribution in [1.82, 2.24) is 10.6 Å². The third kappa shape index (κ3) is 2.38.